The Hall–Kier alpha value is -2.94. The van der Waals surface area contributed by atoms with Gasteiger partial charge in [-0.15, -0.1) is 0 Å². The minimum atomic E-state index is 0.727. The normalized spacial score (nSPS) is 10.4. The summed E-state index contributed by atoms with van der Waals surface area (Å²) in [6, 6.07) is 25.0. The van der Waals surface area contributed by atoms with Crippen molar-refractivity contribution in [3.05, 3.63) is 83.9 Å². The predicted octanol–water partition coefficient (Wildman–Crippen LogP) is 5.35. The SMILES string of the molecule is COc1ccc(N(Cc2ccccc2)c2ccc(C)cc2)cc1OC. The molecule has 128 valence electrons. The average molecular weight is 333 g/mol. The zero-order valence-electron chi connectivity index (χ0n) is 14.9. The van der Waals surface area contributed by atoms with E-state index in [0.717, 1.165) is 29.4 Å². The molecule has 0 aromatic heterocycles. The third-order valence-corrected chi connectivity index (χ3v) is 4.21. The first-order chi connectivity index (χ1) is 12.2. The van der Waals surface area contributed by atoms with Crippen LogP contribution in [0.4, 0.5) is 11.4 Å². The second-order valence-corrected chi connectivity index (χ2v) is 5.95. The van der Waals surface area contributed by atoms with Crippen LogP contribution in [0.3, 0.4) is 0 Å². The summed E-state index contributed by atoms with van der Waals surface area (Å²) < 4.78 is 10.8. The molecule has 3 nitrogen and oxygen atoms in total. The van der Waals surface area contributed by atoms with Crippen molar-refractivity contribution >= 4 is 11.4 Å². The van der Waals surface area contributed by atoms with Gasteiger partial charge in [0, 0.05) is 24.0 Å². The van der Waals surface area contributed by atoms with Crippen LogP contribution in [0, 0.1) is 6.92 Å². The number of methoxy groups -OCH3 is 2. The summed E-state index contributed by atoms with van der Waals surface area (Å²) in [4.78, 5) is 2.27. The molecule has 0 fully saturated rings. The van der Waals surface area contributed by atoms with E-state index in [4.69, 9.17) is 9.47 Å². The highest BCUT2D eigenvalue weighted by Gasteiger charge is 2.13. The van der Waals surface area contributed by atoms with E-state index in [2.05, 4.69) is 66.4 Å². The number of nitrogens with zero attached hydrogens (tertiary/aromatic N) is 1. The van der Waals surface area contributed by atoms with Crippen LogP contribution < -0.4 is 14.4 Å². The Kier molecular flexibility index (Phi) is 5.24. The Balaban J connectivity index is 2.02. The van der Waals surface area contributed by atoms with Gasteiger partial charge in [0.25, 0.3) is 0 Å². The Morgan fingerprint density at radius 2 is 1.36 bits per heavy atom. The minimum Gasteiger partial charge on any atom is -0.493 e. The molecule has 3 aromatic rings. The molecular formula is C22H23NO2. The van der Waals surface area contributed by atoms with Crippen LogP contribution >= 0.6 is 0 Å². The topological polar surface area (TPSA) is 21.7 Å². The molecule has 0 aliphatic rings. The summed E-state index contributed by atoms with van der Waals surface area (Å²) in [5.41, 5.74) is 4.70. The molecule has 3 aromatic carbocycles. The van der Waals surface area contributed by atoms with Crippen molar-refractivity contribution in [1.82, 2.24) is 0 Å². The lowest BCUT2D eigenvalue weighted by molar-refractivity contribution is 0.355. The van der Waals surface area contributed by atoms with E-state index in [1.165, 1.54) is 11.1 Å². The first-order valence-corrected chi connectivity index (χ1v) is 8.31. The smallest absolute Gasteiger partial charge is 0.162 e. The highest BCUT2D eigenvalue weighted by molar-refractivity contribution is 5.67. The highest BCUT2D eigenvalue weighted by atomic mass is 16.5. The molecule has 0 amide bonds. The molecule has 0 saturated carbocycles. The fraction of sp³-hybridized carbons (Fsp3) is 0.182. The van der Waals surface area contributed by atoms with Gasteiger partial charge in [0.2, 0.25) is 0 Å². The number of rotatable bonds is 6. The maximum absolute atomic E-state index is 5.48. The van der Waals surface area contributed by atoms with E-state index >= 15 is 0 Å². The average Bonchev–Trinajstić information content (AvgIpc) is 2.67. The maximum atomic E-state index is 5.48. The molecule has 25 heavy (non-hydrogen) atoms. The molecule has 0 unspecified atom stereocenters. The molecule has 0 aliphatic carbocycles. The van der Waals surface area contributed by atoms with Gasteiger partial charge >= 0.3 is 0 Å². The van der Waals surface area contributed by atoms with Crippen molar-refractivity contribution in [2.24, 2.45) is 0 Å². The van der Waals surface area contributed by atoms with Crippen LogP contribution in [0.25, 0.3) is 0 Å². The van der Waals surface area contributed by atoms with E-state index in [1.807, 2.05) is 18.2 Å². The number of hydrogen-bond donors (Lipinski definition) is 0. The minimum absolute atomic E-state index is 0.727. The second kappa shape index (κ2) is 7.75. The van der Waals surface area contributed by atoms with Crippen LogP contribution in [0.5, 0.6) is 11.5 Å². The fourth-order valence-electron chi connectivity index (χ4n) is 2.82. The molecule has 0 radical (unpaired) electrons. The van der Waals surface area contributed by atoms with Crippen molar-refractivity contribution in [1.29, 1.82) is 0 Å². The van der Waals surface area contributed by atoms with Crippen LogP contribution in [-0.2, 0) is 6.54 Å². The standard InChI is InChI=1S/C22H23NO2/c1-17-9-11-19(12-10-17)23(16-18-7-5-4-6-8-18)20-13-14-21(24-2)22(15-20)25-3/h4-15H,16H2,1-3H3. The molecule has 0 saturated heterocycles. The van der Waals surface area contributed by atoms with Gasteiger partial charge in [-0.2, -0.15) is 0 Å². The zero-order valence-corrected chi connectivity index (χ0v) is 14.9. The number of ether oxygens (including phenoxy) is 2. The number of benzene rings is 3. The third kappa shape index (κ3) is 3.94. The number of aryl methyl sites for hydroxylation is 1. The lowest BCUT2D eigenvalue weighted by atomic mass is 10.1. The summed E-state index contributed by atoms with van der Waals surface area (Å²) in [5.74, 6) is 1.46. The predicted molar refractivity (Wildman–Crippen MR) is 103 cm³/mol. The largest absolute Gasteiger partial charge is 0.493 e. The number of hydrogen-bond acceptors (Lipinski definition) is 3. The van der Waals surface area contributed by atoms with E-state index in [1.54, 1.807) is 14.2 Å². The lowest BCUT2D eigenvalue weighted by Crippen LogP contribution is -2.16. The first kappa shape index (κ1) is 16.9. The molecule has 3 heteroatoms. The summed E-state index contributed by atoms with van der Waals surface area (Å²) in [7, 11) is 3.31. The molecular weight excluding hydrogens is 310 g/mol. The Labute approximate surface area is 149 Å². The van der Waals surface area contributed by atoms with Gasteiger partial charge < -0.3 is 14.4 Å². The molecule has 0 bridgehead atoms. The van der Waals surface area contributed by atoms with Gasteiger partial charge in [-0.3, -0.25) is 0 Å². The molecule has 0 atom stereocenters. The fourth-order valence-corrected chi connectivity index (χ4v) is 2.82. The third-order valence-electron chi connectivity index (χ3n) is 4.21. The van der Waals surface area contributed by atoms with Gasteiger partial charge in [0.05, 0.1) is 14.2 Å². The van der Waals surface area contributed by atoms with Crippen molar-refractivity contribution in [2.45, 2.75) is 13.5 Å². The van der Waals surface area contributed by atoms with Gasteiger partial charge in [0.15, 0.2) is 11.5 Å². The lowest BCUT2D eigenvalue weighted by Gasteiger charge is -2.26. The van der Waals surface area contributed by atoms with E-state index in [9.17, 15) is 0 Å². The zero-order chi connectivity index (χ0) is 17.6. The van der Waals surface area contributed by atoms with Gasteiger partial charge in [-0.1, -0.05) is 48.0 Å². The molecule has 0 spiro atoms. The Bertz CT molecular complexity index is 813. The van der Waals surface area contributed by atoms with Crippen molar-refractivity contribution in [3.63, 3.8) is 0 Å². The Morgan fingerprint density at radius 3 is 2.00 bits per heavy atom. The van der Waals surface area contributed by atoms with Gasteiger partial charge in [-0.05, 0) is 36.8 Å². The quantitative estimate of drug-likeness (QED) is 0.607. The summed E-state index contributed by atoms with van der Waals surface area (Å²) in [6.45, 7) is 2.88. The van der Waals surface area contributed by atoms with E-state index in [0.29, 0.717) is 0 Å². The van der Waals surface area contributed by atoms with Crippen molar-refractivity contribution in [3.8, 4) is 11.5 Å². The van der Waals surface area contributed by atoms with Crippen molar-refractivity contribution < 1.29 is 9.47 Å². The summed E-state index contributed by atoms with van der Waals surface area (Å²) in [6.07, 6.45) is 0. The molecule has 0 heterocycles. The summed E-state index contributed by atoms with van der Waals surface area (Å²) in [5, 5.41) is 0. The van der Waals surface area contributed by atoms with Crippen molar-refractivity contribution in [2.75, 3.05) is 19.1 Å². The van der Waals surface area contributed by atoms with Gasteiger partial charge in [0.1, 0.15) is 0 Å². The van der Waals surface area contributed by atoms with Crippen LogP contribution in [-0.4, -0.2) is 14.2 Å². The highest BCUT2D eigenvalue weighted by Crippen LogP contribution is 2.35. The van der Waals surface area contributed by atoms with Gasteiger partial charge in [-0.25, -0.2) is 0 Å². The van der Waals surface area contributed by atoms with E-state index < -0.39 is 0 Å². The molecule has 0 aliphatic heterocycles. The molecule has 3 rings (SSSR count). The second-order valence-electron chi connectivity index (χ2n) is 5.95. The van der Waals surface area contributed by atoms with E-state index in [-0.39, 0.29) is 0 Å². The summed E-state index contributed by atoms with van der Waals surface area (Å²) >= 11 is 0. The Morgan fingerprint density at radius 1 is 0.720 bits per heavy atom. The van der Waals surface area contributed by atoms with Crippen LogP contribution in [0.15, 0.2) is 72.8 Å². The maximum Gasteiger partial charge on any atom is 0.162 e. The first-order valence-electron chi connectivity index (χ1n) is 8.31. The number of anilines is 2. The van der Waals surface area contributed by atoms with Crippen LogP contribution in [0.2, 0.25) is 0 Å². The molecule has 0 N–H and O–H groups in total. The van der Waals surface area contributed by atoms with Crippen LogP contribution in [0.1, 0.15) is 11.1 Å². The monoisotopic (exact) mass is 333 g/mol.